The summed E-state index contributed by atoms with van der Waals surface area (Å²) >= 11 is 0. The highest BCUT2D eigenvalue weighted by atomic mass is 16.4. The van der Waals surface area contributed by atoms with Crippen LogP contribution in [0.3, 0.4) is 0 Å². The third kappa shape index (κ3) is 1.63. The zero-order valence-corrected chi connectivity index (χ0v) is 9.34. The van der Waals surface area contributed by atoms with Crippen molar-refractivity contribution in [1.29, 1.82) is 0 Å². The number of nitrogen functional groups attached to an aromatic ring is 1. The van der Waals surface area contributed by atoms with Gasteiger partial charge in [0, 0.05) is 16.6 Å². The molecule has 17 heavy (non-hydrogen) atoms. The van der Waals surface area contributed by atoms with Gasteiger partial charge in [-0.25, -0.2) is 4.98 Å². The minimum absolute atomic E-state index is 0.179. The van der Waals surface area contributed by atoms with Gasteiger partial charge >= 0.3 is 0 Å². The molecule has 0 aliphatic rings. The summed E-state index contributed by atoms with van der Waals surface area (Å²) < 4.78 is 5.37. The minimum Gasteiger partial charge on any atom is -0.424 e. The summed E-state index contributed by atoms with van der Waals surface area (Å²) in [4.78, 5) is 8.40. The van der Waals surface area contributed by atoms with Gasteiger partial charge in [0.1, 0.15) is 0 Å². The van der Waals surface area contributed by atoms with Crippen LogP contribution in [0.2, 0.25) is 0 Å². The van der Waals surface area contributed by atoms with Crippen LogP contribution in [0.1, 0.15) is 5.69 Å². The molecule has 4 nitrogen and oxygen atoms in total. The standard InChI is InChI=1S/C13H11N3O/c1-8-6-10(12-7-15-13(14)17-12)9-4-2-3-5-11(9)16-8/h2-7H,1H3,(H2,14,15). The Morgan fingerprint density at radius 2 is 2.06 bits per heavy atom. The number of anilines is 1. The average Bonchev–Trinajstić information content (AvgIpc) is 2.74. The van der Waals surface area contributed by atoms with Crippen LogP contribution in [-0.4, -0.2) is 9.97 Å². The van der Waals surface area contributed by atoms with Crippen LogP contribution < -0.4 is 5.73 Å². The zero-order valence-electron chi connectivity index (χ0n) is 9.34. The first-order valence-electron chi connectivity index (χ1n) is 5.32. The second kappa shape index (κ2) is 3.59. The van der Waals surface area contributed by atoms with E-state index < -0.39 is 0 Å². The molecular weight excluding hydrogens is 214 g/mol. The molecular formula is C13H11N3O. The molecule has 1 aromatic carbocycles. The maximum atomic E-state index is 5.50. The van der Waals surface area contributed by atoms with Crippen molar-refractivity contribution in [2.45, 2.75) is 6.92 Å². The number of oxazole rings is 1. The molecule has 3 rings (SSSR count). The van der Waals surface area contributed by atoms with Crippen molar-refractivity contribution < 1.29 is 4.42 Å². The van der Waals surface area contributed by atoms with Crippen LogP contribution in [0.5, 0.6) is 0 Å². The molecule has 0 bridgehead atoms. The monoisotopic (exact) mass is 225 g/mol. The third-order valence-electron chi connectivity index (χ3n) is 2.63. The number of benzene rings is 1. The van der Waals surface area contributed by atoms with Crippen LogP contribution in [0, 0.1) is 6.92 Å². The molecule has 0 unspecified atom stereocenters. The van der Waals surface area contributed by atoms with Gasteiger partial charge < -0.3 is 10.2 Å². The predicted molar refractivity (Wildman–Crippen MR) is 66.4 cm³/mol. The fourth-order valence-corrected chi connectivity index (χ4v) is 1.92. The molecule has 0 amide bonds. The predicted octanol–water partition coefficient (Wildman–Crippen LogP) is 2.78. The number of nitrogens with zero attached hydrogens (tertiary/aromatic N) is 2. The number of fused-ring (bicyclic) bond motifs is 1. The van der Waals surface area contributed by atoms with Gasteiger partial charge in [-0.2, -0.15) is 0 Å². The molecule has 0 atom stereocenters. The number of pyridine rings is 1. The molecule has 0 aliphatic heterocycles. The normalized spacial score (nSPS) is 10.9. The van der Waals surface area contributed by atoms with Crippen molar-refractivity contribution in [2.24, 2.45) is 0 Å². The maximum absolute atomic E-state index is 5.50. The maximum Gasteiger partial charge on any atom is 0.292 e. The van der Waals surface area contributed by atoms with E-state index in [1.807, 2.05) is 37.3 Å². The Hall–Kier alpha value is -2.36. The van der Waals surface area contributed by atoms with E-state index in [0.717, 1.165) is 22.2 Å². The molecule has 2 N–H and O–H groups in total. The highest BCUT2D eigenvalue weighted by molar-refractivity contribution is 5.93. The lowest BCUT2D eigenvalue weighted by Crippen LogP contribution is -1.87. The number of aryl methyl sites for hydroxylation is 1. The van der Waals surface area contributed by atoms with E-state index in [0.29, 0.717) is 5.76 Å². The molecule has 0 saturated heterocycles. The SMILES string of the molecule is Cc1cc(-c2cnc(N)o2)c2ccccc2n1. The first kappa shape index (κ1) is 9.84. The van der Waals surface area contributed by atoms with E-state index >= 15 is 0 Å². The van der Waals surface area contributed by atoms with Crippen molar-refractivity contribution in [3.05, 3.63) is 42.2 Å². The van der Waals surface area contributed by atoms with Crippen molar-refractivity contribution in [3.63, 3.8) is 0 Å². The topological polar surface area (TPSA) is 64.9 Å². The van der Waals surface area contributed by atoms with Gasteiger partial charge in [0.25, 0.3) is 6.01 Å². The zero-order chi connectivity index (χ0) is 11.8. The van der Waals surface area contributed by atoms with E-state index in [4.69, 9.17) is 10.2 Å². The number of nitrogens with two attached hydrogens (primary N) is 1. The van der Waals surface area contributed by atoms with Crippen LogP contribution in [-0.2, 0) is 0 Å². The van der Waals surface area contributed by atoms with Crippen LogP contribution in [0.4, 0.5) is 6.01 Å². The lowest BCUT2D eigenvalue weighted by molar-refractivity contribution is 0.595. The van der Waals surface area contributed by atoms with Crippen LogP contribution in [0.25, 0.3) is 22.2 Å². The number of aromatic nitrogens is 2. The number of hydrogen-bond donors (Lipinski definition) is 1. The summed E-state index contributed by atoms with van der Waals surface area (Å²) in [5.41, 5.74) is 8.36. The van der Waals surface area contributed by atoms with Gasteiger partial charge in [-0.05, 0) is 19.1 Å². The lowest BCUT2D eigenvalue weighted by Gasteiger charge is -2.04. The van der Waals surface area contributed by atoms with E-state index in [9.17, 15) is 0 Å². The summed E-state index contributed by atoms with van der Waals surface area (Å²) in [5.74, 6) is 0.671. The summed E-state index contributed by atoms with van der Waals surface area (Å²) in [6, 6.07) is 10.1. The Kier molecular flexibility index (Phi) is 2.08. The molecule has 84 valence electrons. The largest absolute Gasteiger partial charge is 0.424 e. The number of para-hydroxylation sites is 1. The Morgan fingerprint density at radius 1 is 1.24 bits per heavy atom. The highest BCUT2D eigenvalue weighted by Gasteiger charge is 2.09. The van der Waals surface area contributed by atoms with E-state index in [-0.39, 0.29) is 6.01 Å². The second-order valence-electron chi connectivity index (χ2n) is 3.89. The molecule has 4 heteroatoms. The number of rotatable bonds is 1. The Labute approximate surface area is 98.1 Å². The van der Waals surface area contributed by atoms with Crippen molar-refractivity contribution >= 4 is 16.9 Å². The third-order valence-corrected chi connectivity index (χ3v) is 2.63. The highest BCUT2D eigenvalue weighted by Crippen LogP contribution is 2.29. The van der Waals surface area contributed by atoms with Crippen molar-refractivity contribution in [2.75, 3.05) is 5.73 Å². The summed E-state index contributed by atoms with van der Waals surface area (Å²) in [6.45, 7) is 1.95. The molecule has 0 aliphatic carbocycles. The number of hydrogen-bond acceptors (Lipinski definition) is 4. The molecule has 2 aromatic heterocycles. The first-order valence-corrected chi connectivity index (χ1v) is 5.32. The summed E-state index contributed by atoms with van der Waals surface area (Å²) in [5, 5.41) is 1.04. The first-order chi connectivity index (χ1) is 8.24. The van der Waals surface area contributed by atoms with Gasteiger partial charge in [0.15, 0.2) is 5.76 Å². The van der Waals surface area contributed by atoms with Crippen molar-refractivity contribution in [1.82, 2.24) is 9.97 Å². The molecule has 0 saturated carbocycles. The second-order valence-corrected chi connectivity index (χ2v) is 3.89. The van der Waals surface area contributed by atoms with Crippen molar-refractivity contribution in [3.8, 4) is 11.3 Å². The van der Waals surface area contributed by atoms with E-state index in [1.165, 1.54) is 0 Å². The van der Waals surface area contributed by atoms with Gasteiger partial charge in [-0.3, -0.25) is 4.98 Å². The lowest BCUT2D eigenvalue weighted by atomic mass is 10.1. The average molecular weight is 225 g/mol. The summed E-state index contributed by atoms with van der Waals surface area (Å²) in [7, 11) is 0. The molecule has 3 aromatic rings. The summed E-state index contributed by atoms with van der Waals surface area (Å²) in [6.07, 6.45) is 1.64. The quantitative estimate of drug-likeness (QED) is 0.691. The van der Waals surface area contributed by atoms with Gasteiger partial charge in [0.05, 0.1) is 11.7 Å². The minimum atomic E-state index is 0.179. The van der Waals surface area contributed by atoms with Gasteiger partial charge in [0.2, 0.25) is 0 Å². The Balaban J connectivity index is 2.35. The Bertz CT molecular complexity index is 688. The van der Waals surface area contributed by atoms with Gasteiger partial charge in [-0.15, -0.1) is 0 Å². The fourth-order valence-electron chi connectivity index (χ4n) is 1.92. The van der Waals surface area contributed by atoms with Crippen LogP contribution in [0.15, 0.2) is 40.9 Å². The molecule has 0 fully saturated rings. The van der Waals surface area contributed by atoms with Crippen LogP contribution >= 0.6 is 0 Å². The molecule has 2 heterocycles. The fraction of sp³-hybridized carbons (Fsp3) is 0.0769. The van der Waals surface area contributed by atoms with E-state index in [2.05, 4.69) is 9.97 Å². The van der Waals surface area contributed by atoms with E-state index in [1.54, 1.807) is 6.20 Å². The smallest absolute Gasteiger partial charge is 0.292 e. The molecule has 0 radical (unpaired) electrons. The molecule has 0 spiro atoms. The Morgan fingerprint density at radius 3 is 2.82 bits per heavy atom. The van der Waals surface area contributed by atoms with Gasteiger partial charge in [-0.1, -0.05) is 18.2 Å².